The van der Waals surface area contributed by atoms with E-state index in [-0.39, 0.29) is 11.5 Å². The van der Waals surface area contributed by atoms with Crippen molar-refractivity contribution < 1.29 is 9.84 Å². The van der Waals surface area contributed by atoms with Gasteiger partial charge in [0.15, 0.2) is 0 Å². The molecule has 1 unspecified atom stereocenters. The highest BCUT2D eigenvalue weighted by atomic mass is 16.5. The summed E-state index contributed by atoms with van der Waals surface area (Å²) in [6, 6.07) is 6.40. The van der Waals surface area contributed by atoms with Crippen LogP contribution in [0, 0.1) is 5.92 Å². The van der Waals surface area contributed by atoms with E-state index in [9.17, 15) is 5.11 Å². The molecule has 3 atom stereocenters. The second-order valence-corrected chi connectivity index (χ2v) is 8.45. The third-order valence-electron chi connectivity index (χ3n) is 6.21. The number of fused-ring (bicyclic) bond motifs is 6. The monoisotopic (exact) mass is 330 g/mol. The summed E-state index contributed by atoms with van der Waals surface area (Å²) in [5.41, 5.74) is 9.03. The molecule has 0 amide bonds. The fraction of sp³-hybridized carbons (Fsp3) is 0.700. The number of phenolic OH excluding ortho intramolecular Hbond substituents is 1. The lowest BCUT2D eigenvalue weighted by molar-refractivity contribution is 0.0294. The molecule has 0 radical (unpaired) electrons. The smallest absolute Gasteiger partial charge is 0.115 e. The van der Waals surface area contributed by atoms with Crippen molar-refractivity contribution in [2.75, 3.05) is 26.3 Å². The van der Waals surface area contributed by atoms with E-state index in [0.29, 0.717) is 18.4 Å². The van der Waals surface area contributed by atoms with Crippen LogP contribution in [0.15, 0.2) is 18.2 Å². The number of phenols is 1. The summed E-state index contributed by atoms with van der Waals surface area (Å²) in [4.78, 5) is 2.67. The minimum absolute atomic E-state index is 0.000953. The van der Waals surface area contributed by atoms with Crippen LogP contribution in [0.25, 0.3) is 0 Å². The number of hydrogen-bond acceptors (Lipinski definition) is 4. The van der Waals surface area contributed by atoms with E-state index >= 15 is 0 Å². The van der Waals surface area contributed by atoms with Crippen LogP contribution < -0.4 is 5.73 Å². The van der Waals surface area contributed by atoms with Crippen molar-refractivity contribution in [2.24, 2.45) is 11.7 Å². The van der Waals surface area contributed by atoms with Gasteiger partial charge in [0.25, 0.3) is 0 Å². The molecule has 2 fully saturated rings. The predicted octanol–water partition coefficient (Wildman–Crippen LogP) is 2.42. The van der Waals surface area contributed by atoms with Gasteiger partial charge in [-0.15, -0.1) is 0 Å². The number of benzene rings is 1. The molecule has 1 saturated carbocycles. The van der Waals surface area contributed by atoms with Gasteiger partial charge < -0.3 is 15.6 Å². The summed E-state index contributed by atoms with van der Waals surface area (Å²) in [5, 5.41) is 10.1. The number of rotatable bonds is 2. The van der Waals surface area contributed by atoms with E-state index in [4.69, 9.17) is 10.5 Å². The highest BCUT2D eigenvalue weighted by Crippen LogP contribution is 2.40. The first-order chi connectivity index (χ1) is 11.5. The maximum atomic E-state index is 10.1. The van der Waals surface area contributed by atoms with Gasteiger partial charge in [-0.1, -0.05) is 13.0 Å². The Bertz CT molecular complexity index is 601. The molecule has 3 aliphatic heterocycles. The van der Waals surface area contributed by atoms with Crippen LogP contribution in [0.1, 0.15) is 43.7 Å². The first-order valence-corrected chi connectivity index (χ1v) is 9.43. The molecule has 1 aliphatic carbocycles. The zero-order valence-electron chi connectivity index (χ0n) is 14.7. The summed E-state index contributed by atoms with van der Waals surface area (Å²) >= 11 is 0. The van der Waals surface area contributed by atoms with Crippen LogP contribution in [0.2, 0.25) is 0 Å². The average Bonchev–Trinajstić information content (AvgIpc) is 3.35. The minimum atomic E-state index is 0.000953. The van der Waals surface area contributed by atoms with Gasteiger partial charge in [0.2, 0.25) is 0 Å². The molecular formula is C20H30N2O2. The molecule has 132 valence electrons. The lowest BCUT2D eigenvalue weighted by atomic mass is 9.71. The second kappa shape index (κ2) is 6.32. The Labute approximate surface area is 145 Å². The first-order valence-electron chi connectivity index (χ1n) is 9.43. The topological polar surface area (TPSA) is 58.7 Å². The van der Waals surface area contributed by atoms with Gasteiger partial charge in [-0.25, -0.2) is 0 Å². The van der Waals surface area contributed by atoms with E-state index in [1.165, 1.54) is 30.5 Å². The molecule has 1 aromatic rings. The maximum Gasteiger partial charge on any atom is 0.115 e. The quantitative estimate of drug-likeness (QED) is 0.874. The summed E-state index contributed by atoms with van der Waals surface area (Å²) in [7, 11) is 0. The van der Waals surface area contributed by atoms with Crippen molar-refractivity contribution in [3.05, 3.63) is 29.3 Å². The van der Waals surface area contributed by atoms with Crippen molar-refractivity contribution in [1.29, 1.82) is 0 Å². The number of hydrogen-bond donors (Lipinski definition) is 2. The van der Waals surface area contributed by atoms with Crippen molar-refractivity contribution >= 4 is 0 Å². The standard InChI is InChI=1S/C20H30N2O2/c1-20-6-7-22(11-14-2-3-14)17(13-24-12-16(21)10-20)8-15-4-5-18(23)9-19(15)20/h4-5,9,14,16-17,23H,2-3,6-8,10-13,21H2,1H3/t16?,17-,20+/m1/s1. The van der Waals surface area contributed by atoms with E-state index in [2.05, 4.69) is 17.9 Å². The number of aromatic hydroxyl groups is 1. The fourth-order valence-corrected chi connectivity index (χ4v) is 4.64. The molecule has 4 heteroatoms. The Balaban J connectivity index is 1.74. The third kappa shape index (κ3) is 3.32. The van der Waals surface area contributed by atoms with Gasteiger partial charge >= 0.3 is 0 Å². The van der Waals surface area contributed by atoms with E-state index < -0.39 is 0 Å². The Morgan fingerprint density at radius 1 is 1.33 bits per heavy atom. The van der Waals surface area contributed by atoms with Crippen molar-refractivity contribution in [2.45, 2.75) is 56.5 Å². The second-order valence-electron chi connectivity index (χ2n) is 8.45. The maximum absolute atomic E-state index is 10.1. The van der Waals surface area contributed by atoms with Crippen LogP contribution in [0.5, 0.6) is 5.75 Å². The van der Waals surface area contributed by atoms with Gasteiger partial charge in [0, 0.05) is 18.6 Å². The van der Waals surface area contributed by atoms with Crippen LogP contribution in [0.3, 0.4) is 0 Å². The van der Waals surface area contributed by atoms with E-state index in [1.54, 1.807) is 0 Å². The van der Waals surface area contributed by atoms with Crippen LogP contribution >= 0.6 is 0 Å². The molecule has 1 aromatic carbocycles. The summed E-state index contributed by atoms with van der Waals surface area (Å²) in [6.45, 7) is 6.03. The molecule has 24 heavy (non-hydrogen) atoms. The van der Waals surface area contributed by atoms with Crippen LogP contribution in [-0.2, 0) is 16.6 Å². The van der Waals surface area contributed by atoms with Crippen LogP contribution in [0.4, 0.5) is 0 Å². The normalized spacial score (nSPS) is 34.6. The molecule has 0 spiro atoms. The van der Waals surface area contributed by atoms with Gasteiger partial charge in [0.1, 0.15) is 5.75 Å². The number of nitrogens with zero attached hydrogens (tertiary/aromatic N) is 1. The molecule has 0 aromatic heterocycles. The summed E-state index contributed by atoms with van der Waals surface area (Å²) < 4.78 is 6.01. The molecule has 2 bridgehead atoms. The summed E-state index contributed by atoms with van der Waals surface area (Å²) in [5.74, 6) is 1.26. The zero-order valence-corrected chi connectivity index (χ0v) is 14.7. The zero-order chi connectivity index (χ0) is 16.7. The minimum Gasteiger partial charge on any atom is -0.508 e. The van der Waals surface area contributed by atoms with Crippen molar-refractivity contribution in [3.63, 3.8) is 0 Å². The lowest BCUT2D eigenvalue weighted by Gasteiger charge is -2.43. The Hall–Kier alpha value is -1.10. The van der Waals surface area contributed by atoms with Gasteiger partial charge in [-0.05, 0) is 73.2 Å². The third-order valence-corrected chi connectivity index (χ3v) is 6.21. The van der Waals surface area contributed by atoms with Gasteiger partial charge in [-0.3, -0.25) is 4.90 Å². The molecule has 3 N–H and O–H groups in total. The average molecular weight is 330 g/mol. The van der Waals surface area contributed by atoms with Crippen LogP contribution in [-0.4, -0.2) is 48.4 Å². The fourth-order valence-electron chi connectivity index (χ4n) is 4.64. The molecule has 3 heterocycles. The Morgan fingerprint density at radius 2 is 2.17 bits per heavy atom. The first kappa shape index (κ1) is 16.4. The lowest BCUT2D eigenvalue weighted by Crippen LogP contribution is -2.49. The molecule has 1 saturated heterocycles. The van der Waals surface area contributed by atoms with E-state index in [0.717, 1.165) is 38.3 Å². The molecule has 4 nitrogen and oxygen atoms in total. The molecule has 4 aliphatic rings. The highest BCUT2D eigenvalue weighted by molar-refractivity contribution is 5.41. The molecular weight excluding hydrogens is 300 g/mol. The highest BCUT2D eigenvalue weighted by Gasteiger charge is 2.38. The van der Waals surface area contributed by atoms with Gasteiger partial charge in [-0.2, -0.15) is 0 Å². The summed E-state index contributed by atoms with van der Waals surface area (Å²) in [6.07, 6.45) is 5.78. The van der Waals surface area contributed by atoms with Crippen molar-refractivity contribution in [1.82, 2.24) is 4.90 Å². The van der Waals surface area contributed by atoms with Gasteiger partial charge in [0.05, 0.1) is 13.2 Å². The number of ether oxygens (including phenoxy) is 1. The number of nitrogens with two attached hydrogens (primary N) is 1. The van der Waals surface area contributed by atoms with Crippen molar-refractivity contribution in [3.8, 4) is 5.75 Å². The Kier molecular flexibility index (Phi) is 4.31. The SMILES string of the molecule is C[C@]12CCN(CC3CC3)[C@@H](COCC(N)C1)Cc1ccc(O)cc12. The molecule has 5 rings (SSSR count). The largest absolute Gasteiger partial charge is 0.508 e. The predicted molar refractivity (Wildman–Crippen MR) is 95.3 cm³/mol. The Morgan fingerprint density at radius 3 is 2.96 bits per heavy atom. The van der Waals surface area contributed by atoms with E-state index in [1.807, 2.05) is 12.1 Å².